The van der Waals surface area contributed by atoms with E-state index in [1.165, 1.54) is 0 Å². The van der Waals surface area contributed by atoms with E-state index in [0.29, 0.717) is 16.3 Å². The number of halogens is 1. The van der Waals surface area contributed by atoms with Gasteiger partial charge in [-0.1, -0.05) is 43.6 Å². The van der Waals surface area contributed by atoms with Gasteiger partial charge in [0.05, 0.1) is 16.4 Å². The zero-order valence-corrected chi connectivity index (χ0v) is 18.6. The molecular formula is C14H16ClKN2O5S. The average Bonchev–Trinajstić information content (AvgIpc) is 2.42. The molecule has 10 heteroatoms. The van der Waals surface area contributed by atoms with Crippen LogP contribution >= 0.6 is 11.6 Å². The Kier molecular flexibility index (Phi) is 7.46. The second kappa shape index (κ2) is 8.13. The van der Waals surface area contributed by atoms with Crippen LogP contribution in [0, 0.1) is 5.41 Å². The predicted molar refractivity (Wildman–Crippen MR) is 85.2 cm³/mol. The van der Waals surface area contributed by atoms with Crippen molar-refractivity contribution in [2.24, 2.45) is 10.6 Å². The Balaban J connectivity index is 0.00000288. The van der Waals surface area contributed by atoms with Crippen molar-refractivity contribution in [2.45, 2.75) is 27.2 Å². The summed E-state index contributed by atoms with van der Waals surface area (Å²) in [7, 11) is -4.95. The van der Waals surface area contributed by atoms with Crippen LogP contribution in [-0.2, 0) is 19.5 Å². The SMILES string of the molecule is CC(C)(C)C(=O)N1CC/C(=N\OS(=O)(=O)[O-])c2c(Cl)cccc21.[K+]. The van der Waals surface area contributed by atoms with Crippen molar-refractivity contribution in [3.05, 3.63) is 28.8 Å². The Hall–Kier alpha value is -0.00364. The van der Waals surface area contributed by atoms with Crippen LogP contribution in [0.1, 0.15) is 32.8 Å². The number of amides is 1. The summed E-state index contributed by atoms with van der Waals surface area (Å²) in [4.78, 5) is 14.2. The molecule has 0 saturated heterocycles. The van der Waals surface area contributed by atoms with Crippen molar-refractivity contribution in [1.29, 1.82) is 0 Å². The Morgan fingerprint density at radius 2 is 2.00 bits per heavy atom. The molecule has 1 heterocycles. The third kappa shape index (κ3) is 5.25. The average molecular weight is 399 g/mol. The first kappa shape index (κ1) is 22.0. The Labute approximate surface area is 188 Å². The van der Waals surface area contributed by atoms with Gasteiger partial charge in [-0.3, -0.25) is 9.08 Å². The number of nitrogens with zero attached hydrogens (tertiary/aromatic N) is 2. The minimum absolute atomic E-state index is 0. The summed E-state index contributed by atoms with van der Waals surface area (Å²) in [6.07, 6.45) is 0.216. The van der Waals surface area contributed by atoms with E-state index < -0.39 is 15.8 Å². The molecular weight excluding hydrogens is 383 g/mol. The molecule has 0 bridgehead atoms. The summed E-state index contributed by atoms with van der Waals surface area (Å²) >= 11 is 6.17. The molecule has 1 aliphatic rings. The molecule has 2 rings (SSSR count). The Morgan fingerprint density at radius 3 is 2.54 bits per heavy atom. The summed E-state index contributed by atoms with van der Waals surface area (Å²) < 4.78 is 35.8. The molecule has 0 aromatic heterocycles. The number of oxime groups is 1. The maximum Gasteiger partial charge on any atom is 1.00 e. The molecule has 0 saturated carbocycles. The molecule has 1 aromatic carbocycles. The molecule has 1 amide bonds. The minimum atomic E-state index is -4.95. The van der Waals surface area contributed by atoms with Crippen LogP contribution in [0.3, 0.4) is 0 Å². The van der Waals surface area contributed by atoms with E-state index in [9.17, 15) is 17.8 Å². The van der Waals surface area contributed by atoms with Crippen molar-refractivity contribution < 1.29 is 73.4 Å². The number of hydrogen-bond acceptors (Lipinski definition) is 6. The van der Waals surface area contributed by atoms with Gasteiger partial charge in [-0.25, -0.2) is 0 Å². The normalized spacial score (nSPS) is 16.4. The first-order valence-corrected chi connectivity index (χ1v) is 8.54. The van der Waals surface area contributed by atoms with Crippen LogP contribution in [-0.4, -0.2) is 31.1 Å². The van der Waals surface area contributed by atoms with E-state index in [4.69, 9.17) is 11.6 Å². The minimum Gasteiger partial charge on any atom is -0.714 e. The summed E-state index contributed by atoms with van der Waals surface area (Å²) in [5.74, 6) is -0.0996. The van der Waals surface area contributed by atoms with Gasteiger partial charge in [0, 0.05) is 23.9 Å². The fourth-order valence-corrected chi connectivity index (χ4v) is 2.74. The number of benzene rings is 1. The zero-order valence-electron chi connectivity index (χ0n) is 13.9. The third-order valence-corrected chi connectivity index (χ3v) is 3.84. The smallest absolute Gasteiger partial charge is 0.714 e. The molecule has 0 unspecified atom stereocenters. The number of anilines is 1. The Bertz CT molecular complexity index is 774. The largest absolute Gasteiger partial charge is 1.00 e. The maximum absolute atomic E-state index is 12.6. The third-order valence-electron chi connectivity index (χ3n) is 3.27. The van der Waals surface area contributed by atoms with Gasteiger partial charge >= 0.3 is 51.4 Å². The molecule has 0 aliphatic carbocycles. The quantitative estimate of drug-likeness (QED) is 0.284. The first-order valence-electron chi connectivity index (χ1n) is 6.83. The van der Waals surface area contributed by atoms with E-state index in [1.54, 1.807) is 43.9 Å². The van der Waals surface area contributed by atoms with Crippen LogP contribution in [0.2, 0.25) is 5.02 Å². The molecule has 0 atom stereocenters. The molecule has 0 radical (unpaired) electrons. The van der Waals surface area contributed by atoms with Crippen molar-refractivity contribution in [2.75, 3.05) is 11.4 Å². The van der Waals surface area contributed by atoms with Gasteiger partial charge in [0.1, 0.15) is 0 Å². The van der Waals surface area contributed by atoms with Gasteiger partial charge in [0.2, 0.25) is 5.91 Å². The van der Waals surface area contributed by atoms with Crippen molar-refractivity contribution in [3.8, 4) is 0 Å². The number of rotatable bonds is 2. The van der Waals surface area contributed by atoms with Gasteiger partial charge < -0.3 is 9.45 Å². The molecule has 0 fully saturated rings. The van der Waals surface area contributed by atoms with Crippen LogP contribution in [0.25, 0.3) is 0 Å². The summed E-state index contributed by atoms with van der Waals surface area (Å²) in [6, 6.07) is 4.95. The van der Waals surface area contributed by atoms with Crippen molar-refractivity contribution >= 4 is 39.3 Å². The molecule has 1 aromatic rings. The van der Waals surface area contributed by atoms with E-state index in [0.717, 1.165) is 0 Å². The van der Waals surface area contributed by atoms with E-state index in [-0.39, 0.29) is 76.0 Å². The van der Waals surface area contributed by atoms with Gasteiger partial charge in [-0.15, -0.1) is 0 Å². The van der Waals surface area contributed by atoms with Crippen molar-refractivity contribution in [1.82, 2.24) is 0 Å². The number of carbonyl (C=O) groups is 1. The second-order valence-electron chi connectivity index (χ2n) is 6.11. The molecule has 24 heavy (non-hydrogen) atoms. The molecule has 1 aliphatic heterocycles. The molecule has 0 N–H and O–H groups in total. The molecule has 126 valence electrons. The number of fused-ring (bicyclic) bond motifs is 1. The van der Waals surface area contributed by atoms with Crippen LogP contribution < -0.4 is 56.3 Å². The second-order valence-corrected chi connectivity index (χ2v) is 7.48. The fourth-order valence-electron chi connectivity index (χ4n) is 2.28. The van der Waals surface area contributed by atoms with Gasteiger partial charge in [0.25, 0.3) is 10.4 Å². The number of carbonyl (C=O) groups excluding carboxylic acids is 1. The van der Waals surface area contributed by atoms with E-state index >= 15 is 0 Å². The molecule has 0 spiro atoms. The van der Waals surface area contributed by atoms with Crippen LogP contribution in [0.5, 0.6) is 0 Å². The van der Waals surface area contributed by atoms with E-state index in [1.807, 2.05) is 0 Å². The first-order chi connectivity index (χ1) is 10.5. The summed E-state index contributed by atoms with van der Waals surface area (Å²) in [5, 5.41) is 3.70. The standard InChI is InChI=1S/C14H17ClN2O5S.K/c1-14(2,3)13(18)17-8-7-10(16-22-23(19,20)21)12-9(15)5-4-6-11(12)17;/h4-6H,7-8H2,1-3H3,(H,19,20,21);/q;+1/p-1/b16-10+;. The van der Waals surface area contributed by atoms with Crippen LogP contribution in [0.4, 0.5) is 5.69 Å². The van der Waals surface area contributed by atoms with Crippen molar-refractivity contribution in [3.63, 3.8) is 0 Å². The predicted octanol–water partition coefficient (Wildman–Crippen LogP) is -0.692. The van der Waals surface area contributed by atoms with Gasteiger partial charge in [-0.2, -0.15) is 8.42 Å². The zero-order chi connectivity index (χ0) is 17.4. The van der Waals surface area contributed by atoms with Gasteiger partial charge in [-0.05, 0) is 12.1 Å². The number of hydrogen-bond donors (Lipinski definition) is 0. The van der Waals surface area contributed by atoms with E-state index in [2.05, 4.69) is 9.44 Å². The fraction of sp³-hybridized carbons (Fsp3) is 0.429. The summed E-state index contributed by atoms with van der Waals surface area (Å²) in [5.41, 5.74) is 0.516. The topological polar surface area (TPSA) is 99.1 Å². The van der Waals surface area contributed by atoms with Crippen LogP contribution in [0.15, 0.2) is 23.4 Å². The monoisotopic (exact) mass is 398 g/mol. The van der Waals surface area contributed by atoms with Gasteiger partial charge in [0.15, 0.2) is 0 Å². The summed E-state index contributed by atoms with van der Waals surface area (Å²) in [6.45, 7) is 5.69. The molecule has 7 nitrogen and oxygen atoms in total. The Morgan fingerprint density at radius 1 is 1.38 bits per heavy atom. The maximum atomic E-state index is 12.6.